The minimum Gasteiger partial charge on any atom is -0.362 e. The minimum atomic E-state index is -0.0503. The van der Waals surface area contributed by atoms with Crippen LogP contribution in [0.4, 0.5) is 5.69 Å². The minimum absolute atomic E-state index is 0.0503. The summed E-state index contributed by atoms with van der Waals surface area (Å²) in [6.45, 7) is 4.01. The van der Waals surface area contributed by atoms with E-state index in [1.807, 2.05) is 32.0 Å². The van der Waals surface area contributed by atoms with E-state index in [2.05, 4.69) is 5.32 Å². The van der Waals surface area contributed by atoms with Crippen molar-refractivity contribution in [1.29, 1.82) is 0 Å². The number of anilines is 1. The molecule has 0 amide bonds. The van der Waals surface area contributed by atoms with Crippen LogP contribution in [-0.2, 0) is 0 Å². The Balaban J connectivity index is 2.04. The van der Waals surface area contributed by atoms with E-state index in [0.717, 1.165) is 11.3 Å². The van der Waals surface area contributed by atoms with Gasteiger partial charge in [-0.15, -0.1) is 0 Å². The summed E-state index contributed by atoms with van der Waals surface area (Å²) in [5.41, 5.74) is 3.72. The molecule has 2 nitrogen and oxygen atoms in total. The number of carbonyl (C=O) groups excluding carboxylic acids is 1. The first-order valence-electron chi connectivity index (χ1n) is 6.47. The Kier molecular flexibility index (Phi) is 5.05. The molecular formula is C17H15Cl2NO. The van der Waals surface area contributed by atoms with Crippen LogP contribution in [0.1, 0.15) is 21.5 Å². The summed E-state index contributed by atoms with van der Waals surface area (Å²) in [6, 6.07) is 10.9. The van der Waals surface area contributed by atoms with E-state index in [0.29, 0.717) is 15.6 Å². The molecule has 0 radical (unpaired) electrons. The van der Waals surface area contributed by atoms with E-state index in [-0.39, 0.29) is 5.78 Å². The largest absolute Gasteiger partial charge is 0.362 e. The molecule has 2 rings (SSSR count). The van der Waals surface area contributed by atoms with Gasteiger partial charge in [0.2, 0.25) is 0 Å². The lowest BCUT2D eigenvalue weighted by Gasteiger charge is -2.03. The third-order valence-electron chi connectivity index (χ3n) is 3.20. The third-order valence-corrected chi connectivity index (χ3v) is 3.93. The maximum Gasteiger partial charge on any atom is 0.187 e. The van der Waals surface area contributed by atoms with Gasteiger partial charge in [0.1, 0.15) is 0 Å². The Bertz CT molecular complexity index is 708. The first-order chi connectivity index (χ1) is 9.97. The Morgan fingerprint density at radius 1 is 1.00 bits per heavy atom. The van der Waals surface area contributed by atoms with Crippen LogP contribution in [0.3, 0.4) is 0 Å². The summed E-state index contributed by atoms with van der Waals surface area (Å²) in [5, 5.41) is 3.96. The molecule has 0 saturated heterocycles. The van der Waals surface area contributed by atoms with Crippen LogP contribution < -0.4 is 5.32 Å². The molecule has 0 fully saturated rings. The molecule has 0 atom stereocenters. The summed E-state index contributed by atoms with van der Waals surface area (Å²) < 4.78 is 0. The van der Waals surface area contributed by atoms with Crippen molar-refractivity contribution in [2.45, 2.75) is 13.8 Å². The van der Waals surface area contributed by atoms with Crippen LogP contribution in [0.25, 0.3) is 0 Å². The highest BCUT2D eigenvalue weighted by molar-refractivity contribution is 6.42. The van der Waals surface area contributed by atoms with Crippen LogP contribution in [0.2, 0.25) is 10.0 Å². The zero-order valence-corrected chi connectivity index (χ0v) is 13.3. The smallest absolute Gasteiger partial charge is 0.187 e. The van der Waals surface area contributed by atoms with Gasteiger partial charge >= 0.3 is 0 Å². The van der Waals surface area contributed by atoms with Crippen molar-refractivity contribution in [2.24, 2.45) is 0 Å². The monoisotopic (exact) mass is 319 g/mol. The lowest BCUT2D eigenvalue weighted by atomic mass is 10.0. The second-order valence-corrected chi connectivity index (χ2v) is 5.58. The average Bonchev–Trinajstić information content (AvgIpc) is 2.45. The summed E-state index contributed by atoms with van der Waals surface area (Å²) in [4.78, 5) is 12.0. The topological polar surface area (TPSA) is 29.1 Å². The van der Waals surface area contributed by atoms with Gasteiger partial charge in [-0.25, -0.2) is 0 Å². The zero-order chi connectivity index (χ0) is 15.4. The van der Waals surface area contributed by atoms with E-state index in [4.69, 9.17) is 23.2 Å². The van der Waals surface area contributed by atoms with Gasteiger partial charge < -0.3 is 5.32 Å². The summed E-state index contributed by atoms with van der Waals surface area (Å²) >= 11 is 11.8. The van der Waals surface area contributed by atoms with Crippen molar-refractivity contribution >= 4 is 34.7 Å². The number of hydrogen-bond donors (Lipinski definition) is 1. The van der Waals surface area contributed by atoms with Crippen molar-refractivity contribution in [3.05, 3.63) is 75.4 Å². The Hall–Kier alpha value is -1.77. The van der Waals surface area contributed by atoms with E-state index >= 15 is 0 Å². The normalized spacial score (nSPS) is 10.9. The van der Waals surface area contributed by atoms with Crippen molar-refractivity contribution in [3.8, 4) is 0 Å². The van der Waals surface area contributed by atoms with Crippen LogP contribution >= 0.6 is 23.2 Å². The molecule has 0 saturated carbocycles. The van der Waals surface area contributed by atoms with Gasteiger partial charge in [-0.2, -0.15) is 0 Å². The van der Waals surface area contributed by atoms with Crippen molar-refractivity contribution < 1.29 is 4.79 Å². The molecule has 108 valence electrons. The van der Waals surface area contributed by atoms with Crippen LogP contribution in [-0.4, -0.2) is 5.78 Å². The fourth-order valence-corrected chi connectivity index (χ4v) is 2.09. The molecule has 2 aromatic carbocycles. The fourth-order valence-electron chi connectivity index (χ4n) is 1.79. The number of ketones is 1. The van der Waals surface area contributed by atoms with Crippen LogP contribution in [0.15, 0.2) is 48.7 Å². The third kappa shape index (κ3) is 4.10. The maximum atomic E-state index is 12.0. The standard InChI is InChI=1S/C17H15Cl2NO/c1-11-3-4-13(9-12(11)2)17(21)7-8-20-14-5-6-15(18)16(19)10-14/h3-10,20H,1-2H3/b8-7+. The number of halogens is 2. The number of carbonyl (C=O) groups is 1. The number of aryl methyl sites for hydroxylation is 2. The Labute approximate surface area is 134 Å². The van der Waals surface area contributed by atoms with Crippen LogP contribution in [0.5, 0.6) is 0 Å². The van der Waals surface area contributed by atoms with Crippen molar-refractivity contribution in [1.82, 2.24) is 0 Å². The highest BCUT2D eigenvalue weighted by Gasteiger charge is 2.03. The molecule has 0 aliphatic rings. The molecule has 1 N–H and O–H groups in total. The quantitative estimate of drug-likeness (QED) is 0.602. The molecule has 2 aromatic rings. The second-order valence-electron chi connectivity index (χ2n) is 4.77. The first kappa shape index (κ1) is 15.6. The molecule has 0 aliphatic heterocycles. The van der Waals surface area contributed by atoms with E-state index in [1.54, 1.807) is 24.4 Å². The molecular weight excluding hydrogens is 305 g/mol. The SMILES string of the molecule is Cc1ccc(C(=O)/C=C/Nc2ccc(Cl)c(Cl)c2)cc1C. The van der Waals surface area contributed by atoms with Gasteiger partial charge in [0.05, 0.1) is 10.0 Å². The van der Waals surface area contributed by atoms with Gasteiger partial charge in [-0.3, -0.25) is 4.79 Å². The lowest BCUT2D eigenvalue weighted by Crippen LogP contribution is -1.97. The number of nitrogens with one attached hydrogen (secondary N) is 1. The molecule has 21 heavy (non-hydrogen) atoms. The molecule has 0 spiro atoms. The lowest BCUT2D eigenvalue weighted by molar-refractivity contribution is 0.104. The van der Waals surface area contributed by atoms with E-state index in [1.165, 1.54) is 11.6 Å². The van der Waals surface area contributed by atoms with E-state index < -0.39 is 0 Å². The number of hydrogen-bond acceptors (Lipinski definition) is 2. The van der Waals surface area contributed by atoms with Gasteiger partial charge in [0, 0.05) is 23.5 Å². The summed E-state index contributed by atoms with van der Waals surface area (Å²) in [7, 11) is 0. The number of allylic oxidation sites excluding steroid dienone is 1. The van der Waals surface area contributed by atoms with Gasteiger partial charge in [0.15, 0.2) is 5.78 Å². The summed E-state index contributed by atoms with van der Waals surface area (Å²) in [6.07, 6.45) is 3.09. The molecule has 0 aromatic heterocycles. The molecule has 0 aliphatic carbocycles. The van der Waals surface area contributed by atoms with E-state index in [9.17, 15) is 4.79 Å². The number of rotatable bonds is 4. The van der Waals surface area contributed by atoms with Crippen molar-refractivity contribution in [3.63, 3.8) is 0 Å². The average molecular weight is 320 g/mol. The molecule has 0 bridgehead atoms. The van der Waals surface area contributed by atoms with Crippen molar-refractivity contribution in [2.75, 3.05) is 5.32 Å². The van der Waals surface area contributed by atoms with Gasteiger partial charge in [-0.05, 0) is 49.2 Å². The molecule has 0 unspecified atom stereocenters. The van der Waals surface area contributed by atoms with Crippen LogP contribution in [0, 0.1) is 13.8 Å². The summed E-state index contributed by atoms with van der Waals surface area (Å²) in [5.74, 6) is -0.0503. The molecule has 4 heteroatoms. The maximum absolute atomic E-state index is 12.0. The van der Waals surface area contributed by atoms with Gasteiger partial charge in [-0.1, -0.05) is 35.3 Å². The predicted molar refractivity (Wildman–Crippen MR) is 89.5 cm³/mol. The Morgan fingerprint density at radius 3 is 2.43 bits per heavy atom. The first-order valence-corrected chi connectivity index (χ1v) is 7.22. The highest BCUT2D eigenvalue weighted by Crippen LogP contribution is 2.24. The van der Waals surface area contributed by atoms with Gasteiger partial charge in [0.25, 0.3) is 0 Å². The highest BCUT2D eigenvalue weighted by atomic mass is 35.5. The predicted octanol–water partition coefficient (Wildman–Crippen LogP) is 5.42. The Morgan fingerprint density at radius 2 is 1.76 bits per heavy atom. The number of benzene rings is 2. The second kappa shape index (κ2) is 6.79. The fraction of sp³-hybridized carbons (Fsp3) is 0.118. The molecule has 0 heterocycles. The zero-order valence-electron chi connectivity index (χ0n) is 11.8.